The zero-order valence-corrected chi connectivity index (χ0v) is 12.1. The Morgan fingerprint density at radius 2 is 2.11 bits per heavy atom. The fourth-order valence-electron chi connectivity index (χ4n) is 1.52. The molecule has 0 amide bonds. The van der Waals surface area contributed by atoms with Gasteiger partial charge >= 0.3 is 5.97 Å². The molecule has 1 rings (SSSR count). The predicted molar refractivity (Wildman–Crippen MR) is 76.6 cm³/mol. The fourth-order valence-corrected chi connectivity index (χ4v) is 2.03. The van der Waals surface area contributed by atoms with Crippen LogP contribution in [0.25, 0.3) is 0 Å². The lowest BCUT2D eigenvalue weighted by atomic mass is 10.00. The van der Waals surface area contributed by atoms with Gasteiger partial charge in [0.1, 0.15) is 11.8 Å². The SMILES string of the molecule is CCC(C)C(N=Cc1cc(Cl)cc(Cl)c1O)C(=O)O. The van der Waals surface area contributed by atoms with E-state index in [0.29, 0.717) is 17.0 Å². The number of carboxylic acid groups (broad SMARTS) is 1. The Kier molecular flexibility index (Phi) is 5.63. The van der Waals surface area contributed by atoms with Crippen LogP contribution < -0.4 is 0 Å². The minimum Gasteiger partial charge on any atom is -0.506 e. The summed E-state index contributed by atoms with van der Waals surface area (Å²) < 4.78 is 0. The average molecular weight is 304 g/mol. The molecule has 1 aromatic carbocycles. The molecular weight excluding hydrogens is 289 g/mol. The normalized spacial score (nSPS) is 14.5. The van der Waals surface area contributed by atoms with Gasteiger partial charge in [0.15, 0.2) is 0 Å². The molecule has 4 nitrogen and oxygen atoms in total. The fraction of sp³-hybridized carbons (Fsp3) is 0.385. The lowest BCUT2D eigenvalue weighted by Gasteiger charge is -2.14. The molecular formula is C13H15Cl2NO3. The number of aliphatic imine (C=N–C) groups is 1. The van der Waals surface area contributed by atoms with Gasteiger partial charge in [0.05, 0.1) is 5.02 Å². The van der Waals surface area contributed by atoms with Crippen LogP contribution in [0.1, 0.15) is 25.8 Å². The van der Waals surface area contributed by atoms with Gasteiger partial charge in [-0.3, -0.25) is 4.99 Å². The second-order valence-electron chi connectivity index (χ2n) is 4.27. The number of phenolic OH excluding ortho intramolecular Hbond substituents is 1. The standard InChI is InChI=1S/C13H15Cl2NO3/c1-3-7(2)11(13(18)19)16-6-8-4-9(14)5-10(15)12(8)17/h4-7,11,17H,3H2,1-2H3,(H,18,19). The monoisotopic (exact) mass is 303 g/mol. The van der Waals surface area contributed by atoms with E-state index in [4.69, 9.17) is 28.3 Å². The van der Waals surface area contributed by atoms with E-state index in [1.807, 2.05) is 6.92 Å². The Morgan fingerprint density at radius 3 is 2.63 bits per heavy atom. The molecule has 0 saturated carbocycles. The van der Waals surface area contributed by atoms with Crippen LogP contribution in [-0.2, 0) is 4.79 Å². The van der Waals surface area contributed by atoms with E-state index < -0.39 is 12.0 Å². The third-order valence-electron chi connectivity index (χ3n) is 2.87. The highest BCUT2D eigenvalue weighted by atomic mass is 35.5. The molecule has 0 radical (unpaired) electrons. The molecule has 6 heteroatoms. The second-order valence-corrected chi connectivity index (χ2v) is 5.12. The van der Waals surface area contributed by atoms with Gasteiger partial charge in [-0.15, -0.1) is 0 Å². The minimum absolute atomic E-state index is 0.101. The van der Waals surface area contributed by atoms with Crippen LogP contribution in [0.4, 0.5) is 0 Å². The van der Waals surface area contributed by atoms with E-state index in [1.54, 1.807) is 6.92 Å². The molecule has 0 aromatic heterocycles. The summed E-state index contributed by atoms with van der Waals surface area (Å²) >= 11 is 11.6. The number of hydrogen-bond donors (Lipinski definition) is 2. The summed E-state index contributed by atoms with van der Waals surface area (Å²) in [5, 5.41) is 19.3. The van der Waals surface area contributed by atoms with Crippen LogP contribution in [-0.4, -0.2) is 28.4 Å². The molecule has 0 spiro atoms. The first-order valence-electron chi connectivity index (χ1n) is 5.80. The summed E-state index contributed by atoms with van der Waals surface area (Å²) in [7, 11) is 0. The number of halogens is 2. The number of rotatable bonds is 5. The molecule has 0 aliphatic carbocycles. The van der Waals surface area contributed by atoms with Crippen LogP contribution in [0.15, 0.2) is 17.1 Å². The number of phenols is 1. The highest BCUT2D eigenvalue weighted by Gasteiger charge is 2.21. The van der Waals surface area contributed by atoms with Crippen LogP contribution in [0, 0.1) is 5.92 Å². The molecule has 104 valence electrons. The zero-order chi connectivity index (χ0) is 14.6. The maximum Gasteiger partial charge on any atom is 0.328 e. The second kappa shape index (κ2) is 6.78. The summed E-state index contributed by atoms with van der Waals surface area (Å²) in [6, 6.07) is 2.02. The Hall–Kier alpha value is -1.26. The molecule has 2 atom stereocenters. The molecule has 0 saturated heterocycles. The smallest absolute Gasteiger partial charge is 0.328 e. The number of benzene rings is 1. The van der Waals surface area contributed by atoms with Gasteiger partial charge in [-0.05, 0) is 18.1 Å². The third kappa shape index (κ3) is 4.11. The van der Waals surface area contributed by atoms with E-state index >= 15 is 0 Å². The van der Waals surface area contributed by atoms with Crippen molar-refractivity contribution in [1.29, 1.82) is 0 Å². The Labute approximate surface area is 121 Å². The van der Waals surface area contributed by atoms with Crippen LogP contribution in [0.3, 0.4) is 0 Å². The molecule has 2 N–H and O–H groups in total. The van der Waals surface area contributed by atoms with Crippen LogP contribution in [0.5, 0.6) is 5.75 Å². The predicted octanol–water partition coefficient (Wildman–Crippen LogP) is 3.62. The van der Waals surface area contributed by atoms with E-state index in [2.05, 4.69) is 4.99 Å². The van der Waals surface area contributed by atoms with E-state index in [-0.39, 0.29) is 16.7 Å². The number of aromatic hydroxyl groups is 1. The number of carbonyl (C=O) groups is 1. The maximum atomic E-state index is 11.1. The van der Waals surface area contributed by atoms with Crippen molar-refractivity contribution in [3.05, 3.63) is 27.7 Å². The van der Waals surface area contributed by atoms with Gasteiger partial charge in [0.2, 0.25) is 0 Å². The highest BCUT2D eigenvalue weighted by Crippen LogP contribution is 2.30. The number of aliphatic carboxylic acids is 1. The quantitative estimate of drug-likeness (QED) is 0.816. The molecule has 1 aromatic rings. The molecule has 0 heterocycles. The van der Waals surface area contributed by atoms with Crippen molar-refractivity contribution >= 4 is 35.4 Å². The van der Waals surface area contributed by atoms with Crippen molar-refractivity contribution in [3.63, 3.8) is 0 Å². The van der Waals surface area contributed by atoms with Gasteiger partial charge < -0.3 is 10.2 Å². The van der Waals surface area contributed by atoms with Crippen LogP contribution in [0.2, 0.25) is 10.0 Å². The Bertz CT molecular complexity index is 503. The molecule has 2 unspecified atom stereocenters. The molecule has 0 fully saturated rings. The number of carboxylic acids is 1. The van der Waals surface area contributed by atoms with E-state index in [9.17, 15) is 9.90 Å². The molecule has 0 aliphatic heterocycles. The first kappa shape index (κ1) is 15.8. The molecule has 0 bridgehead atoms. The van der Waals surface area contributed by atoms with Crippen molar-refractivity contribution in [2.75, 3.05) is 0 Å². The summed E-state index contributed by atoms with van der Waals surface area (Å²) in [5.74, 6) is -1.27. The summed E-state index contributed by atoms with van der Waals surface area (Å²) in [4.78, 5) is 15.1. The summed E-state index contributed by atoms with van der Waals surface area (Å²) in [6.45, 7) is 3.70. The zero-order valence-electron chi connectivity index (χ0n) is 10.6. The van der Waals surface area contributed by atoms with Gasteiger partial charge in [-0.25, -0.2) is 4.79 Å². The summed E-state index contributed by atoms with van der Waals surface area (Å²) in [5.41, 5.74) is 0.298. The first-order valence-corrected chi connectivity index (χ1v) is 6.56. The summed E-state index contributed by atoms with van der Waals surface area (Å²) in [6.07, 6.45) is 1.98. The van der Waals surface area contributed by atoms with Gasteiger partial charge in [0.25, 0.3) is 0 Å². The van der Waals surface area contributed by atoms with Crippen molar-refractivity contribution in [2.24, 2.45) is 10.9 Å². The minimum atomic E-state index is -1.00. The van der Waals surface area contributed by atoms with Gasteiger partial charge in [-0.1, -0.05) is 43.5 Å². The van der Waals surface area contributed by atoms with Crippen molar-refractivity contribution in [1.82, 2.24) is 0 Å². The Balaban J connectivity index is 3.06. The third-order valence-corrected chi connectivity index (χ3v) is 3.37. The number of nitrogens with zero attached hydrogens (tertiary/aromatic N) is 1. The lowest BCUT2D eigenvalue weighted by Crippen LogP contribution is -2.25. The van der Waals surface area contributed by atoms with Crippen molar-refractivity contribution in [3.8, 4) is 5.75 Å². The highest BCUT2D eigenvalue weighted by molar-refractivity contribution is 6.36. The topological polar surface area (TPSA) is 69.9 Å². The van der Waals surface area contributed by atoms with Crippen LogP contribution >= 0.6 is 23.2 Å². The molecule has 19 heavy (non-hydrogen) atoms. The van der Waals surface area contributed by atoms with E-state index in [0.717, 1.165) is 0 Å². The number of hydrogen-bond acceptors (Lipinski definition) is 3. The van der Waals surface area contributed by atoms with Crippen molar-refractivity contribution < 1.29 is 15.0 Å². The maximum absolute atomic E-state index is 11.1. The van der Waals surface area contributed by atoms with Crippen molar-refractivity contribution in [2.45, 2.75) is 26.3 Å². The van der Waals surface area contributed by atoms with E-state index in [1.165, 1.54) is 18.3 Å². The molecule has 0 aliphatic rings. The van der Waals surface area contributed by atoms with Gasteiger partial charge in [-0.2, -0.15) is 0 Å². The van der Waals surface area contributed by atoms with Gasteiger partial charge in [0, 0.05) is 16.8 Å². The largest absolute Gasteiger partial charge is 0.506 e. The average Bonchev–Trinajstić information content (AvgIpc) is 2.34. The lowest BCUT2D eigenvalue weighted by molar-refractivity contribution is -0.139. The Morgan fingerprint density at radius 1 is 1.47 bits per heavy atom. The first-order chi connectivity index (χ1) is 8.86.